The molecule has 272 valence electrons. The second-order valence-electron chi connectivity index (χ2n) is 13.8. The van der Waals surface area contributed by atoms with E-state index in [4.69, 9.17) is 49.0 Å². The lowest BCUT2D eigenvalue weighted by Gasteiger charge is -2.26. The molecule has 0 saturated heterocycles. The highest BCUT2D eigenvalue weighted by Crippen LogP contribution is 2.53. The molecule has 0 spiro atoms. The first-order chi connectivity index (χ1) is 28.0. The van der Waals surface area contributed by atoms with Gasteiger partial charge in [0.25, 0.3) is 0 Å². The minimum atomic E-state index is -4.57. The minimum absolute atomic E-state index is 0.160. The van der Waals surface area contributed by atoms with E-state index in [1.807, 2.05) is 110 Å². The van der Waals surface area contributed by atoms with Crippen molar-refractivity contribution < 1.29 is 17.2 Å². The molecule has 57 heavy (non-hydrogen) atoms. The van der Waals surface area contributed by atoms with Crippen LogP contribution in [0, 0.1) is 12.3 Å². The molecule has 6 heterocycles. The van der Waals surface area contributed by atoms with Gasteiger partial charge >= 0.3 is 22.7 Å². The molecular weight excluding hydrogens is 750 g/mol. The van der Waals surface area contributed by atoms with Crippen LogP contribution in [0.25, 0.3) is 21.5 Å². The van der Waals surface area contributed by atoms with Gasteiger partial charge in [-0.3, -0.25) is 4.52 Å². The maximum absolute atomic E-state index is 15.6. The molecule has 0 saturated carbocycles. The van der Waals surface area contributed by atoms with Crippen LogP contribution < -0.4 is 15.5 Å². The Morgan fingerprint density at radius 1 is 0.596 bits per heavy atom. The van der Waals surface area contributed by atoms with Crippen molar-refractivity contribution in [3.05, 3.63) is 161 Å². The van der Waals surface area contributed by atoms with Crippen molar-refractivity contribution in [2.45, 2.75) is 19.4 Å². The summed E-state index contributed by atoms with van der Waals surface area (Å²) in [5, 5.41) is 3.10. The molecule has 0 N–H and O–H groups in total. The van der Waals surface area contributed by atoms with Crippen molar-refractivity contribution in [3.63, 3.8) is 0 Å². The summed E-state index contributed by atoms with van der Waals surface area (Å²) in [7, 11) is -4.57. The van der Waals surface area contributed by atoms with Crippen molar-refractivity contribution in [1.29, 1.82) is 0 Å². The van der Waals surface area contributed by atoms with Crippen LogP contribution in [0.15, 0.2) is 157 Å². The third-order valence-corrected chi connectivity index (χ3v) is 14.9. The highest BCUT2D eigenvalue weighted by atomic mass is 31.2. The minimum Gasteiger partial charge on any atom is -0.406 e. The lowest BCUT2D eigenvalue weighted by atomic mass is 10.1. The molecule has 0 aliphatic carbocycles. The van der Waals surface area contributed by atoms with Crippen LogP contribution in [0.4, 0.5) is 11.6 Å². The van der Waals surface area contributed by atoms with Crippen molar-refractivity contribution in [3.8, 4) is 18.1 Å². The Hall–Kier alpha value is -6.50. The van der Waals surface area contributed by atoms with Crippen LogP contribution in [0.2, 0.25) is 0 Å². The number of aliphatic imine (C=N–C) groups is 4. The van der Waals surface area contributed by atoms with Crippen molar-refractivity contribution >= 4 is 79.3 Å². The molecule has 11 rings (SSSR count). The summed E-state index contributed by atoms with van der Waals surface area (Å²) in [6.07, 6.45) is 5.19. The highest BCUT2D eigenvalue weighted by molar-refractivity contribution is 7.50. The quantitative estimate of drug-likeness (QED) is 0.0941. The molecule has 7 aromatic rings. The number of rotatable bonds is 7. The lowest BCUT2D eigenvalue weighted by Crippen LogP contribution is -2.48. The first-order valence-corrected chi connectivity index (χ1v) is 21.3. The number of terminal acetylenes is 1. The third kappa shape index (κ3) is 5.42. The number of benzene rings is 5. The Kier molecular flexibility index (Phi) is 7.73. The van der Waals surface area contributed by atoms with E-state index >= 15 is 4.57 Å². The van der Waals surface area contributed by atoms with Crippen molar-refractivity contribution in [2.24, 2.45) is 30.0 Å². The average molecular weight is 779 g/mol. The predicted molar refractivity (Wildman–Crippen MR) is 221 cm³/mol. The first kappa shape index (κ1) is 33.8. The number of hydrogen-bond acceptors (Lipinski definition) is 10. The SMILES string of the molecule is C#CCC(C)OP(=O)(Oc1ccccc1)[O][Al]1[n]2c3c4ccccc4c2N=C2N=C(N=c4c5ccccc5c([n]41)=NC1=NC(=N3)c3ccccc31)c1ccccc12. The monoisotopic (exact) mass is 778 g/mol. The van der Waals surface area contributed by atoms with Crippen LogP contribution in [-0.2, 0) is 12.7 Å². The molecule has 0 fully saturated rings. The Bertz CT molecular complexity index is 3070. The second kappa shape index (κ2) is 13.0. The number of nitrogens with zero attached hydrogens (tertiary/aromatic N) is 8. The Labute approximate surface area is 330 Å². The number of fused-ring (bicyclic) bond motifs is 14. The van der Waals surface area contributed by atoms with Gasteiger partial charge in [0.05, 0.1) is 6.10 Å². The summed E-state index contributed by atoms with van der Waals surface area (Å²) < 4.78 is 39.1. The smallest absolute Gasteiger partial charge is 0.406 e. The largest absolute Gasteiger partial charge is 0.819 e. The summed E-state index contributed by atoms with van der Waals surface area (Å²) in [6.45, 7) is 1.74. The number of para-hydroxylation sites is 1. The second-order valence-corrected chi connectivity index (χ2v) is 17.6. The van der Waals surface area contributed by atoms with Gasteiger partial charge in [-0.2, -0.15) is 0 Å². The van der Waals surface area contributed by atoms with Gasteiger partial charge in [0.2, 0.25) is 0 Å². The topological polar surface area (TPSA) is 129 Å². The summed E-state index contributed by atoms with van der Waals surface area (Å²) in [6, 6.07) is 40.3. The molecule has 4 aliphatic rings. The fraction of sp³-hybridized carbons (Fsp3) is 0.0698. The molecule has 12 nitrogen and oxygen atoms in total. The third-order valence-electron chi connectivity index (χ3n) is 10.2. The van der Waals surface area contributed by atoms with Gasteiger partial charge < -0.3 is 15.2 Å². The zero-order valence-electron chi connectivity index (χ0n) is 30.2. The molecular formula is C43H28AlN8O4P. The van der Waals surface area contributed by atoms with E-state index < -0.39 is 28.9 Å². The zero-order valence-corrected chi connectivity index (χ0v) is 32.3. The van der Waals surface area contributed by atoms with Crippen LogP contribution in [0.1, 0.15) is 35.6 Å². The zero-order chi connectivity index (χ0) is 38.3. The molecule has 4 aliphatic heterocycles. The van der Waals surface area contributed by atoms with E-state index in [0.717, 1.165) is 43.8 Å². The van der Waals surface area contributed by atoms with Crippen LogP contribution >= 0.6 is 7.82 Å². The van der Waals surface area contributed by atoms with E-state index in [-0.39, 0.29) is 6.42 Å². The maximum Gasteiger partial charge on any atom is 0.819 e. The van der Waals surface area contributed by atoms with E-state index in [0.29, 0.717) is 51.7 Å². The van der Waals surface area contributed by atoms with Gasteiger partial charge in [0.1, 0.15) is 28.4 Å². The molecule has 0 radical (unpaired) electrons. The summed E-state index contributed by atoms with van der Waals surface area (Å²) >= 11 is -3.63. The van der Waals surface area contributed by atoms with Gasteiger partial charge in [-0.1, -0.05) is 115 Å². The Morgan fingerprint density at radius 2 is 1.04 bits per heavy atom. The number of phosphoric acid groups is 1. The normalized spacial score (nSPS) is 16.1. The van der Waals surface area contributed by atoms with Crippen molar-refractivity contribution in [1.82, 2.24) is 7.10 Å². The fourth-order valence-corrected chi connectivity index (χ4v) is 12.5. The summed E-state index contributed by atoms with van der Waals surface area (Å²) in [4.78, 5) is 31.5. The molecule has 2 atom stereocenters. The van der Waals surface area contributed by atoms with Gasteiger partial charge in [-0.15, -0.1) is 12.3 Å². The molecule has 2 aromatic heterocycles. The summed E-state index contributed by atoms with van der Waals surface area (Å²) in [5.41, 5.74) is 4.27. The Morgan fingerprint density at radius 3 is 1.53 bits per heavy atom. The van der Waals surface area contributed by atoms with E-state index in [2.05, 4.69) is 5.92 Å². The number of hydrogen-bond donors (Lipinski definition) is 0. The lowest BCUT2D eigenvalue weighted by molar-refractivity contribution is 0.156. The van der Waals surface area contributed by atoms with Crippen LogP contribution in [0.5, 0.6) is 5.75 Å². The van der Waals surface area contributed by atoms with Crippen LogP contribution in [-0.4, -0.2) is 51.5 Å². The first-order valence-electron chi connectivity index (χ1n) is 18.3. The van der Waals surface area contributed by atoms with Gasteiger partial charge in [-0.05, 0) is 19.1 Å². The molecule has 6 bridgehead atoms. The number of phosphoric ester groups is 1. The van der Waals surface area contributed by atoms with Gasteiger partial charge in [-0.25, -0.2) is 34.5 Å². The van der Waals surface area contributed by atoms with Gasteiger partial charge in [0, 0.05) is 50.2 Å². The van der Waals surface area contributed by atoms with Crippen LogP contribution in [0.3, 0.4) is 0 Å². The predicted octanol–water partition coefficient (Wildman–Crippen LogP) is 7.55. The molecule has 14 heteroatoms. The fourth-order valence-electron chi connectivity index (χ4n) is 7.70. The van der Waals surface area contributed by atoms with E-state index in [9.17, 15) is 0 Å². The average Bonchev–Trinajstić information content (AvgIpc) is 3.94. The number of aromatic nitrogens is 2. The number of amidine groups is 4. The Balaban J connectivity index is 1.33. The summed E-state index contributed by atoms with van der Waals surface area (Å²) in [5.74, 6) is 5.76. The molecule has 5 aromatic carbocycles. The molecule has 2 unspecified atom stereocenters. The van der Waals surface area contributed by atoms with E-state index in [1.165, 1.54) is 0 Å². The van der Waals surface area contributed by atoms with Gasteiger partial charge in [0.15, 0.2) is 23.3 Å². The standard InChI is InChI=1S/C32H16N8.C11H13O4P.Al/c1-2-10-18-17(9-1)25-33-26(18)38-28-21-13-5-6-14-22(21)30(35-28)40-32-24-16-8-7-15-23(24)31(36-32)39-29-20-12-4-3-11-19(20)27(34-29)37-25;1-3-7-10(2)14-16(12,13)15-11-8-5-4-6-9-11;/h1-16H;1,4-6,8-10H,7H2,2H3,(H,12,13);/q-2;;+3/p-1. The van der Waals surface area contributed by atoms with E-state index in [1.54, 1.807) is 31.2 Å². The highest BCUT2D eigenvalue weighted by Gasteiger charge is 2.49. The maximum atomic E-state index is 15.6. The molecule has 0 amide bonds. The van der Waals surface area contributed by atoms with Crippen molar-refractivity contribution in [2.75, 3.05) is 0 Å².